The summed E-state index contributed by atoms with van der Waals surface area (Å²) in [7, 11) is -8.33. The number of furan rings is 1. The second-order valence-electron chi connectivity index (χ2n) is 5.87. The Balaban J connectivity index is 1.89. The number of alkyl halides is 3. The van der Waals surface area contributed by atoms with Gasteiger partial charge in [-0.3, -0.25) is 0 Å². The fraction of sp³-hybridized carbons (Fsp3) is 0.176. The lowest BCUT2D eigenvalue weighted by molar-refractivity contribution is -0.0495. The minimum absolute atomic E-state index is 0.366. The standard InChI is InChI=1S/C17H15F3O4S2/c1-25(2,24-26(21,22)17(18,19)20)14-9-7-12(8-10-14)16-11-13-5-3-4-6-15(13)23-16/h3-11H,1-2H3. The maximum absolute atomic E-state index is 12.6. The topological polar surface area (TPSA) is 56.5 Å². The first-order chi connectivity index (χ1) is 12.0. The van der Waals surface area contributed by atoms with Crippen LogP contribution in [0.5, 0.6) is 0 Å². The van der Waals surface area contributed by atoms with Gasteiger partial charge in [-0.05, 0) is 36.8 Å². The first kappa shape index (κ1) is 18.8. The monoisotopic (exact) mass is 404 g/mol. The minimum atomic E-state index is -5.66. The van der Waals surface area contributed by atoms with Gasteiger partial charge in [-0.15, -0.1) is 0 Å². The zero-order chi connectivity index (χ0) is 19.2. The molecule has 0 atom stereocenters. The van der Waals surface area contributed by atoms with E-state index in [9.17, 15) is 21.6 Å². The molecule has 4 nitrogen and oxygen atoms in total. The molecular weight excluding hydrogens is 389 g/mol. The van der Waals surface area contributed by atoms with Crippen molar-refractivity contribution in [3.63, 3.8) is 0 Å². The average molecular weight is 404 g/mol. The van der Waals surface area contributed by atoms with E-state index in [1.807, 2.05) is 30.3 Å². The molecule has 0 radical (unpaired) electrons. The molecule has 0 aliphatic carbocycles. The van der Waals surface area contributed by atoms with Crippen molar-refractivity contribution in [2.45, 2.75) is 10.4 Å². The Morgan fingerprint density at radius 3 is 2.15 bits per heavy atom. The Morgan fingerprint density at radius 1 is 0.962 bits per heavy atom. The van der Waals surface area contributed by atoms with Gasteiger partial charge in [-0.2, -0.15) is 21.6 Å². The molecule has 1 aromatic heterocycles. The third-order valence-electron chi connectivity index (χ3n) is 3.68. The third kappa shape index (κ3) is 3.60. The molecule has 0 saturated heterocycles. The van der Waals surface area contributed by atoms with E-state index in [1.165, 1.54) is 12.5 Å². The summed E-state index contributed by atoms with van der Waals surface area (Å²) in [5, 5.41) is 0.928. The largest absolute Gasteiger partial charge is 0.523 e. The van der Waals surface area contributed by atoms with Gasteiger partial charge < -0.3 is 4.42 Å². The number of fused-ring (bicyclic) bond motifs is 1. The molecule has 9 heteroatoms. The number of benzene rings is 2. The van der Waals surface area contributed by atoms with Crippen molar-refractivity contribution in [1.82, 2.24) is 0 Å². The Morgan fingerprint density at radius 2 is 1.58 bits per heavy atom. The predicted octanol–water partition coefficient (Wildman–Crippen LogP) is 5.30. The zero-order valence-electron chi connectivity index (χ0n) is 13.8. The van der Waals surface area contributed by atoms with Crippen molar-refractivity contribution in [3.8, 4) is 11.3 Å². The van der Waals surface area contributed by atoms with Gasteiger partial charge in [0.15, 0.2) is 0 Å². The summed E-state index contributed by atoms with van der Waals surface area (Å²) >= 11 is 0. The van der Waals surface area contributed by atoms with Gasteiger partial charge in [-0.25, -0.2) is 3.63 Å². The molecule has 3 rings (SSSR count). The third-order valence-corrected chi connectivity index (χ3v) is 7.73. The van der Waals surface area contributed by atoms with Gasteiger partial charge in [0.2, 0.25) is 0 Å². The van der Waals surface area contributed by atoms with E-state index in [1.54, 1.807) is 24.3 Å². The van der Waals surface area contributed by atoms with Crippen LogP contribution >= 0.6 is 10.3 Å². The summed E-state index contributed by atoms with van der Waals surface area (Å²) in [5.41, 5.74) is -4.01. The normalized spacial score (nSPS) is 13.9. The molecule has 0 amide bonds. The number of rotatable bonds is 4. The van der Waals surface area contributed by atoms with Crippen molar-refractivity contribution < 1.29 is 29.6 Å². The minimum Gasteiger partial charge on any atom is -0.456 e. The van der Waals surface area contributed by atoms with Gasteiger partial charge >= 0.3 is 15.6 Å². The van der Waals surface area contributed by atoms with Crippen molar-refractivity contribution in [1.29, 1.82) is 0 Å². The fourth-order valence-corrected chi connectivity index (χ4v) is 5.58. The van der Waals surface area contributed by atoms with E-state index in [2.05, 4.69) is 3.63 Å². The van der Waals surface area contributed by atoms with Crippen LogP contribution in [0.2, 0.25) is 0 Å². The van der Waals surface area contributed by atoms with Crippen LogP contribution in [-0.2, 0) is 13.7 Å². The van der Waals surface area contributed by atoms with Crippen molar-refractivity contribution in [2.75, 3.05) is 12.5 Å². The first-order valence-corrected chi connectivity index (χ1v) is 11.1. The highest BCUT2D eigenvalue weighted by Crippen LogP contribution is 2.53. The average Bonchev–Trinajstić information content (AvgIpc) is 2.97. The fourth-order valence-electron chi connectivity index (χ4n) is 2.37. The molecule has 1 heterocycles. The van der Waals surface area contributed by atoms with Crippen molar-refractivity contribution >= 4 is 31.4 Å². The molecule has 0 unspecified atom stereocenters. The second kappa shape index (κ2) is 6.33. The highest BCUT2D eigenvalue weighted by Gasteiger charge is 2.49. The van der Waals surface area contributed by atoms with Crippen molar-refractivity contribution in [2.24, 2.45) is 0 Å². The van der Waals surface area contributed by atoms with E-state index in [-0.39, 0.29) is 0 Å². The number of hydrogen-bond donors (Lipinski definition) is 0. The van der Waals surface area contributed by atoms with Gasteiger partial charge in [0.05, 0.1) is 0 Å². The summed E-state index contributed by atoms with van der Waals surface area (Å²) in [6.45, 7) is 0. The summed E-state index contributed by atoms with van der Waals surface area (Å²) in [4.78, 5) is 0.366. The maximum atomic E-state index is 12.6. The molecule has 0 spiro atoms. The molecule has 3 aromatic rings. The van der Waals surface area contributed by atoms with Crippen LogP contribution in [0.1, 0.15) is 0 Å². The Kier molecular flexibility index (Phi) is 4.58. The lowest BCUT2D eigenvalue weighted by atomic mass is 10.1. The van der Waals surface area contributed by atoms with Crippen LogP contribution in [0.15, 0.2) is 63.9 Å². The molecular formula is C17H15F3O4S2. The SMILES string of the molecule is CS(C)(OS(=O)(=O)C(F)(F)F)c1ccc(-c2cc3ccccc3o2)cc1. The summed E-state index contributed by atoms with van der Waals surface area (Å²) in [6.07, 6.45) is 2.68. The highest BCUT2D eigenvalue weighted by molar-refractivity contribution is 8.32. The highest BCUT2D eigenvalue weighted by atomic mass is 32.3. The van der Waals surface area contributed by atoms with Crippen LogP contribution < -0.4 is 0 Å². The lowest BCUT2D eigenvalue weighted by Crippen LogP contribution is -2.26. The van der Waals surface area contributed by atoms with Gasteiger partial charge in [0.25, 0.3) is 0 Å². The molecule has 0 N–H and O–H groups in total. The predicted molar refractivity (Wildman–Crippen MR) is 95.4 cm³/mol. The zero-order valence-corrected chi connectivity index (χ0v) is 15.4. The van der Waals surface area contributed by atoms with Crippen LogP contribution in [0, 0.1) is 0 Å². The van der Waals surface area contributed by atoms with E-state index in [4.69, 9.17) is 4.42 Å². The summed E-state index contributed by atoms with van der Waals surface area (Å²) < 4.78 is 70.4. The van der Waals surface area contributed by atoms with Gasteiger partial charge in [0.1, 0.15) is 11.3 Å². The van der Waals surface area contributed by atoms with Crippen LogP contribution in [0.4, 0.5) is 13.2 Å². The number of para-hydroxylation sites is 1. The van der Waals surface area contributed by atoms with E-state index < -0.39 is 25.9 Å². The first-order valence-electron chi connectivity index (χ1n) is 7.34. The van der Waals surface area contributed by atoms with Crippen LogP contribution in [0.3, 0.4) is 0 Å². The molecule has 0 saturated carbocycles. The van der Waals surface area contributed by atoms with Crippen LogP contribution in [-0.4, -0.2) is 26.4 Å². The Hall–Kier alpha value is -1.97. The second-order valence-corrected chi connectivity index (χ2v) is 10.7. The molecule has 0 aliphatic rings. The molecule has 2 aromatic carbocycles. The number of hydrogen-bond acceptors (Lipinski definition) is 4. The van der Waals surface area contributed by atoms with Gasteiger partial charge in [-0.1, -0.05) is 40.6 Å². The van der Waals surface area contributed by atoms with Crippen molar-refractivity contribution in [3.05, 3.63) is 54.6 Å². The Bertz CT molecular complexity index is 1000. The van der Waals surface area contributed by atoms with Crippen LogP contribution in [0.25, 0.3) is 22.3 Å². The summed E-state index contributed by atoms with van der Waals surface area (Å²) in [5.74, 6) is 0.606. The molecule has 0 bridgehead atoms. The molecule has 140 valence electrons. The van der Waals surface area contributed by atoms with E-state index in [0.29, 0.717) is 10.7 Å². The van der Waals surface area contributed by atoms with Gasteiger partial charge in [0, 0.05) is 15.8 Å². The maximum Gasteiger partial charge on any atom is 0.523 e. The smallest absolute Gasteiger partial charge is 0.456 e. The van der Waals surface area contributed by atoms with E-state index >= 15 is 0 Å². The molecule has 26 heavy (non-hydrogen) atoms. The molecule has 0 aliphatic heterocycles. The van der Waals surface area contributed by atoms with E-state index in [0.717, 1.165) is 16.5 Å². The summed E-state index contributed by atoms with van der Waals surface area (Å²) in [6, 6.07) is 15.7. The number of halogens is 3. The molecule has 0 fully saturated rings. The quantitative estimate of drug-likeness (QED) is 0.554. The lowest BCUT2D eigenvalue weighted by Gasteiger charge is -2.30. The Labute approximate surface area is 150 Å².